The highest BCUT2D eigenvalue weighted by Gasteiger charge is 2.34. The lowest BCUT2D eigenvalue weighted by Crippen LogP contribution is -2.43. The molecular formula is C15H19ClN4O2S. The maximum Gasteiger partial charge on any atom is 0.244 e. The average Bonchev–Trinajstić information content (AvgIpc) is 2.95. The summed E-state index contributed by atoms with van der Waals surface area (Å²) in [6.45, 7) is 1.44. The van der Waals surface area contributed by atoms with Crippen molar-refractivity contribution in [3.63, 3.8) is 0 Å². The molecular weight excluding hydrogens is 336 g/mol. The van der Waals surface area contributed by atoms with Gasteiger partial charge in [-0.15, -0.1) is 0 Å². The molecule has 0 spiro atoms. The lowest BCUT2D eigenvalue weighted by molar-refractivity contribution is 0.234. The Morgan fingerprint density at radius 2 is 2.09 bits per heavy atom. The molecule has 0 radical (unpaired) electrons. The Hall–Kier alpha value is -1.41. The first kappa shape index (κ1) is 16.4. The molecule has 6 nitrogen and oxygen atoms in total. The summed E-state index contributed by atoms with van der Waals surface area (Å²) in [7, 11) is 0.300. The van der Waals surface area contributed by atoms with E-state index in [-0.39, 0.29) is 16.0 Å². The van der Waals surface area contributed by atoms with Crippen LogP contribution in [0.1, 0.15) is 11.7 Å². The Labute approximate surface area is 141 Å². The molecule has 3 rings (SSSR count). The molecule has 0 saturated heterocycles. The van der Waals surface area contributed by atoms with Crippen molar-refractivity contribution in [2.24, 2.45) is 0 Å². The number of imidazole rings is 1. The van der Waals surface area contributed by atoms with E-state index in [0.29, 0.717) is 13.1 Å². The van der Waals surface area contributed by atoms with E-state index in [0.717, 1.165) is 12.2 Å². The number of sulfonamides is 1. The molecule has 0 unspecified atom stereocenters. The zero-order valence-electron chi connectivity index (χ0n) is 13.1. The summed E-state index contributed by atoms with van der Waals surface area (Å²) >= 11 is 6.10. The van der Waals surface area contributed by atoms with Crippen LogP contribution < -0.4 is 0 Å². The molecule has 0 bridgehead atoms. The molecule has 0 saturated carbocycles. The van der Waals surface area contributed by atoms with Crippen LogP contribution in [0, 0.1) is 0 Å². The predicted molar refractivity (Wildman–Crippen MR) is 88.9 cm³/mol. The summed E-state index contributed by atoms with van der Waals surface area (Å²) in [5.41, 5.74) is 0.888. The molecule has 0 N–H and O–H groups in total. The topological polar surface area (TPSA) is 58.4 Å². The number of likely N-dealkylation sites (N-methyl/N-ethyl adjacent to an activating group) is 1. The fourth-order valence-corrected chi connectivity index (χ4v) is 4.84. The van der Waals surface area contributed by atoms with Crippen LogP contribution in [0.5, 0.6) is 0 Å². The monoisotopic (exact) mass is 354 g/mol. The second-order valence-electron chi connectivity index (χ2n) is 5.94. The largest absolute Gasteiger partial charge is 0.328 e. The molecule has 23 heavy (non-hydrogen) atoms. The van der Waals surface area contributed by atoms with Crippen molar-refractivity contribution in [1.82, 2.24) is 18.8 Å². The maximum atomic E-state index is 13.0. The average molecular weight is 355 g/mol. The van der Waals surface area contributed by atoms with Gasteiger partial charge in [-0.05, 0) is 26.2 Å². The van der Waals surface area contributed by atoms with Crippen LogP contribution in [0.25, 0.3) is 0 Å². The molecule has 1 aromatic carbocycles. The van der Waals surface area contributed by atoms with Crippen LogP contribution >= 0.6 is 11.6 Å². The van der Waals surface area contributed by atoms with Crippen molar-refractivity contribution in [1.29, 1.82) is 0 Å². The summed E-state index contributed by atoms with van der Waals surface area (Å²) in [6, 6.07) is 6.57. The van der Waals surface area contributed by atoms with Crippen LogP contribution in [0.2, 0.25) is 5.02 Å². The van der Waals surface area contributed by atoms with Crippen molar-refractivity contribution in [3.8, 4) is 0 Å². The molecule has 1 aromatic heterocycles. The molecule has 0 aliphatic carbocycles. The fourth-order valence-electron chi connectivity index (χ4n) is 2.89. The van der Waals surface area contributed by atoms with Gasteiger partial charge in [0.2, 0.25) is 10.0 Å². The van der Waals surface area contributed by atoms with E-state index < -0.39 is 10.0 Å². The number of aromatic nitrogens is 2. The summed E-state index contributed by atoms with van der Waals surface area (Å²) in [6.07, 6.45) is 3.49. The van der Waals surface area contributed by atoms with E-state index in [1.807, 2.05) is 19.0 Å². The van der Waals surface area contributed by atoms with Gasteiger partial charge in [-0.2, -0.15) is 4.31 Å². The number of hydrogen-bond acceptors (Lipinski definition) is 4. The predicted octanol–water partition coefficient (Wildman–Crippen LogP) is 1.84. The fraction of sp³-hybridized carbons (Fsp3) is 0.400. The van der Waals surface area contributed by atoms with Gasteiger partial charge in [0.1, 0.15) is 4.90 Å². The molecule has 0 amide bonds. The van der Waals surface area contributed by atoms with E-state index >= 15 is 0 Å². The van der Waals surface area contributed by atoms with Crippen molar-refractivity contribution in [2.45, 2.75) is 17.5 Å². The number of rotatable bonds is 4. The van der Waals surface area contributed by atoms with Crippen molar-refractivity contribution >= 4 is 21.6 Å². The van der Waals surface area contributed by atoms with Crippen LogP contribution in [-0.4, -0.2) is 54.4 Å². The molecule has 8 heteroatoms. The normalized spacial score (nSPS) is 19.0. The van der Waals surface area contributed by atoms with Gasteiger partial charge in [0.05, 0.1) is 29.6 Å². The SMILES string of the molecule is CN(C)C[C@@H]1CN(S(=O)(=O)c2ccccc2Cl)Cc2cncn21. The van der Waals surface area contributed by atoms with Gasteiger partial charge in [0, 0.05) is 19.3 Å². The van der Waals surface area contributed by atoms with Gasteiger partial charge in [-0.3, -0.25) is 0 Å². The van der Waals surface area contributed by atoms with Crippen molar-refractivity contribution < 1.29 is 8.42 Å². The van der Waals surface area contributed by atoms with Crippen molar-refractivity contribution in [3.05, 3.63) is 47.5 Å². The number of fused-ring (bicyclic) bond motifs is 1. The Morgan fingerprint density at radius 3 is 2.78 bits per heavy atom. The minimum absolute atomic E-state index is 0.0218. The molecule has 0 fully saturated rings. The zero-order valence-corrected chi connectivity index (χ0v) is 14.6. The van der Waals surface area contributed by atoms with Crippen LogP contribution in [0.3, 0.4) is 0 Å². The third-order valence-electron chi connectivity index (χ3n) is 3.92. The lowest BCUT2D eigenvalue weighted by atomic mass is 10.2. The van der Waals surface area contributed by atoms with Gasteiger partial charge < -0.3 is 9.47 Å². The molecule has 1 aliphatic heterocycles. The number of nitrogens with zero attached hydrogens (tertiary/aromatic N) is 4. The Balaban J connectivity index is 1.97. The molecule has 2 heterocycles. The van der Waals surface area contributed by atoms with Gasteiger partial charge in [0.25, 0.3) is 0 Å². The quantitative estimate of drug-likeness (QED) is 0.840. The molecule has 1 atom stereocenters. The minimum Gasteiger partial charge on any atom is -0.328 e. The van der Waals surface area contributed by atoms with Gasteiger partial charge in [-0.25, -0.2) is 13.4 Å². The van der Waals surface area contributed by atoms with Gasteiger partial charge in [-0.1, -0.05) is 23.7 Å². The van der Waals surface area contributed by atoms with Crippen molar-refractivity contribution in [2.75, 3.05) is 27.2 Å². The third kappa shape index (κ3) is 3.14. The van der Waals surface area contributed by atoms with Crippen LogP contribution in [-0.2, 0) is 16.6 Å². The van der Waals surface area contributed by atoms with Gasteiger partial charge in [0.15, 0.2) is 0 Å². The van der Waals surface area contributed by atoms with Gasteiger partial charge >= 0.3 is 0 Å². The number of benzene rings is 1. The molecule has 2 aromatic rings. The van der Waals surface area contributed by atoms with Crippen LogP contribution in [0.15, 0.2) is 41.7 Å². The second-order valence-corrected chi connectivity index (χ2v) is 8.25. The van der Waals surface area contributed by atoms with E-state index in [1.54, 1.807) is 36.8 Å². The second kappa shape index (κ2) is 6.24. The number of hydrogen-bond donors (Lipinski definition) is 0. The minimum atomic E-state index is -3.64. The highest BCUT2D eigenvalue weighted by Crippen LogP contribution is 2.30. The summed E-state index contributed by atoms with van der Waals surface area (Å²) < 4.78 is 29.5. The van der Waals surface area contributed by atoms with E-state index in [2.05, 4.69) is 9.55 Å². The lowest BCUT2D eigenvalue weighted by Gasteiger charge is -2.35. The standard InChI is InChI=1S/C15H19ClN4O2S/c1-18(2)8-13-10-19(9-12-7-17-11-20(12)13)23(21,22)15-6-4-3-5-14(15)16/h3-7,11,13H,8-10H2,1-2H3/t13-/m1/s1. The smallest absolute Gasteiger partial charge is 0.244 e. The first-order chi connectivity index (χ1) is 10.9. The zero-order chi connectivity index (χ0) is 16.6. The Morgan fingerprint density at radius 1 is 1.35 bits per heavy atom. The van der Waals surface area contributed by atoms with Crippen LogP contribution in [0.4, 0.5) is 0 Å². The maximum absolute atomic E-state index is 13.0. The summed E-state index contributed by atoms with van der Waals surface area (Å²) in [5, 5.41) is 0.246. The molecule has 1 aliphatic rings. The van der Waals surface area contributed by atoms with E-state index in [9.17, 15) is 8.42 Å². The summed E-state index contributed by atoms with van der Waals surface area (Å²) in [4.78, 5) is 6.36. The summed E-state index contributed by atoms with van der Waals surface area (Å²) in [5.74, 6) is 0. The third-order valence-corrected chi connectivity index (χ3v) is 6.23. The molecule has 124 valence electrons. The van der Waals surface area contributed by atoms with E-state index in [4.69, 9.17) is 11.6 Å². The Kier molecular flexibility index (Phi) is 4.46. The number of halogens is 1. The van der Waals surface area contributed by atoms with E-state index in [1.165, 1.54) is 4.31 Å². The first-order valence-electron chi connectivity index (χ1n) is 7.29. The highest BCUT2D eigenvalue weighted by molar-refractivity contribution is 7.89. The Bertz CT molecular complexity index is 803. The highest BCUT2D eigenvalue weighted by atomic mass is 35.5. The first-order valence-corrected chi connectivity index (χ1v) is 9.11.